The van der Waals surface area contributed by atoms with E-state index in [2.05, 4.69) is 10.1 Å². The van der Waals surface area contributed by atoms with Gasteiger partial charge in [0, 0.05) is 12.4 Å². The van der Waals surface area contributed by atoms with Gasteiger partial charge in [0.1, 0.15) is 5.52 Å². The van der Waals surface area contributed by atoms with Crippen LogP contribution in [0.2, 0.25) is 0 Å². The van der Waals surface area contributed by atoms with Gasteiger partial charge in [0.15, 0.2) is 0 Å². The van der Waals surface area contributed by atoms with Crippen molar-refractivity contribution in [2.75, 3.05) is 0 Å². The molecule has 0 bridgehead atoms. The van der Waals surface area contributed by atoms with E-state index < -0.39 is 0 Å². The second-order valence-corrected chi connectivity index (χ2v) is 2.61. The minimum absolute atomic E-state index is 0.0929. The summed E-state index contributed by atoms with van der Waals surface area (Å²) in [6, 6.07) is 1.80. The number of hydrogen-bond acceptors (Lipinski definition) is 2. The number of aryl methyl sites for hydroxylation is 1. The van der Waals surface area contributed by atoms with Crippen LogP contribution in [0.5, 0.6) is 0 Å². The van der Waals surface area contributed by atoms with Gasteiger partial charge in [-0.1, -0.05) is 6.92 Å². The molecular formula is C8H9N3O. The van der Waals surface area contributed by atoms with Crippen LogP contribution in [0.4, 0.5) is 0 Å². The highest BCUT2D eigenvalue weighted by Crippen LogP contribution is 2.00. The van der Waals surface area contributed by atoms with Crippen molar-refractivity contribution in [3.63, 3.8) is 0 Å². The summed E-state index contributed by atoms with van der Waals surface area (Å²) in [5, 5.41) is 4.19. The van der Waals surface area contributed by atoms with E-state index in [1.165, 1.54) is 0 Å². The molecule has 0 atom stereocenters. The summed E-state index contributed by atoms with van der Waals surface area (Å²) in [6.07, 6.45) is 4.17. The van der Waals surface area contributed by atoms with E-state index in [1.807, 2.05) is 6.92 Å². The van der Waals surface area contributed by atoms with Gasteiger partial charge in [0.05, 0.1) is 5.69 Å². The zero-order valence-electron chi connectivity index (χ0n) is 6.74. The Morgan fingerprint density at radius 3 is 3.17 bits per heavy atom. The first-order chi connectivity index (χ1) is 5.81. The summed E-state index contributed by atoms with van der Waals surface area (Å²) in [4.78, 5) is 13.8. The molecule has 0 aliphatic carbocycles. The molecular weight excluding hydrogens is 154 g/mol. The highest BCUT2D eigenvalue weighted by molar-refractivity contribution is 5.44. The molecule has 0 aliphatic heterocycles. The lowest BCUT2D eigenvalue weighted by Gasteiger charge is -1.87. The summed E-state index contributed by atoms with van der Waals surface area (Å²) in [5.74, 6) is 0. The summed E-state index contributed by atoms with van der Waals surface area (Å²) >= 11 is 0. The molecule has 0 saturated carbocycles. The summed E-state index contributed by atoms with van der Waals surface area (Å²) in [6.45, 7) is 2.01. The van der Waals surface area contributed by atoms with Gasteiger partial charge in [0.25, 0.3) is 5.56 Å². The molecule has 2 aromatic heterocycles. The predicted octanol–water partition coefficient (Wildman–Crippen LogP) is 0.585. The van der Waals surface area contributed by atoms with Crippen molar-refractivity contribution in [2.45, 2.75) is 13.3 Å². The van der Waals surface area contributed by atoms with Gasteiger partial charge in [0.2, 0.25) is 0 Å². The lowest BCUT2D eigenvalue weighted by atomic mass is 10.3. The first-order valence-corrected chi connectivity index (χ1v) is 3.87. The van der Waals surface area contributed by atoms with Crippen LogP contribution in [0.25, 0.3) is 5.52 Å². The quantitative estimate of drug-likeness (QED) is 0.668. The molecule has 62 valence electrons. The average Bonchev–Trinajstić information content (AvgIpc) is 2.49. The minimum Gasteiger partial charge on any atom is -0.326 e. The van der Waals surface area contributed by atoms with Crippen LogP contribution < -0.4 is 5.56 Å². The molecule has 0 saturated heterocycles. The molecule has 0 unspecified atom stereocenters. The molecule has 0 amide bonds. The van der Waals surface area contributed by atoms with Crippen LogP contribution in [-0.2, 0) is 6.42 Å². The van der Waals surface area contributed by atoms with E-state index in [4.69, 9.17) is 0 Å². The maximum atomic E-state index is 11.2. The van der Waals surface area contributed by atoms with Gasteiger partial charge in [-0.3, -0.25) is 4.79 Å². The van der Waals surface area contributed by atoms with Crippen molar-refractivity contribution < 1.29 is 0 Å². The Hall–Kier alpha value is -1.58. The van der Waals surface area contributed by atoms with Crippen LogP contribution >= 0.6 is 0 Å². The molecule has 4 nitrogen and oxygen atoms in total. The molecule has 0 spiro atoms. The third-order valence-electron chi connectivity index (χ3n) is 1.81. The second-order valence-electron chi connectivity index (χ2n) is 2.61. The lowest BCUT2D eigenvalue weighted by Crippen LogP contribution is -2.07. The Morgan fingerprint density at radius 2 is 2.50 bits per heavy atom. The number of fused-ring (bicyclic) bond motifs is 1. The highest BCUT2D eigenvalue weighted by Gasteiger charge is 2.01. The Labute approximate surface area is 68.8 Å². The summed E-state index contributed by atoms with van der Waals surface area (Å²) < 4.78 is 1.59. The molecule has 0 radical (unpaired) electrons. The van der Waals surface area contributed by atoms with Gasteiger partial charge in [-0.15, -0.1) is 0 Å². The fraction of sp³-hybridized carbons (Fsp3) is 0.250. The van der Waals surface area contributed by atoms with Crippen LogP contribution in [0.1, 0.15) is 12.6 Å². The maximum Gasteiger partial charge on any atom is 0.273 e. The number of aromatic nitrogens is 3. The van der Waals surface area contributed by atoms with E-state index in [0.717, 1.165) is 12.1 Å². The standard InChI is InChI=1S/C8H9N3O/c1-2-6-5-7-8(12)9-3-4-11(7)10-6/h3-5H,2H2,1H3,(H,9,12). The Bertz CT molecular complexity index is 455. The largest absolute Gasteiger partial charge is 0.326 e. The van der Waals surface area contributed by atoms with Crippen LogP contribution in [0, 0.1) is 0 Å². The van der Waals surface area contributed by atoms with Gasteiger partial charge in [-0.25, -0.2) is 4.52 Å². The first kappa shape index (κ1) is 7.09. The second kappa shape index (κ2) is 2.48. The SMILES string of the molecule is CCc1cc2c(=O)[nH]ccn2n1. The molecule has 0 fully saturated rings. The molecule has 2 heterocycles. The normalized spacial score (nSPS) is 10.8. The molecule has 2 rings (SSSR count). The smallest absolute Gasteiger partial charge is 0.273 e. The zero-order valence-corrected chi connectivity index (χ0v) is 6.74. The van der Waals surface area contributed by atoms with E-state index in [0.29, 0.717) is 5.52 Å². The number of aromatic amines is 1. The molecule has 12 heavy (non-hydrogen) atoms. The number of nitrogens with one attached hydrogen (secondary N) is 1. The van der Waals surface area contributed by atoms with Crippen molar-refractivity contribution >= 4 is 5.52 Å². The number of rotatable bonds is 1. The Balaban J connectivity index is 2.83. The number of H-pyrrole nitrogens is 1. The van der Waals surface area contributed by atoms with Crippen LogP contribution in [0.15, 0.2) is 23.3 Å². The average molecular weight is 163 g/mol. The molecule has 0 aliphatic rings. The van der Waals surface area contributed by atoms with E-state index in [-0.39, 0.29) is 5.56 Å². The van der Waals surface area contributed by atoms with Gasteiger partial charge < -0.3 is 4.98 Å². The van der Waals surface area contributed by atoms with Crippen molar-refractivity contribution in [1.29, 1.82) is 0 Å². The van der Waals surface area contributed by atoms with Crippen molar-refractivity contribution in [3.05, 3.63) is 34.5 Å². The van der Waals surface area contributed by atoms with Crippen molar-refractivity contribution in [1.82, 2.24) is 14.6 Å². The Morgan fingerprint density at radius 1 is 1.67 bits per heavy atom. The molecule has 4 heteroatoms. The van der Waals surface area contributed by atoms with E-state index >= 15 is 0 Å². The molecule has 1 N–H and O–H groups in total. The maximum absolute atomic E-state index is 11.2. The van der Waals surface area contributed by atoms with Crippen LogP contribution in [-0.4, -0.2) is 14.6 Å². The number of hydrogen-bond donors (Lipinski definition) is 1. The van der Waals surface area contributed by atoms with Crippen molar-refractivity contribution in [3.8, 4) is 0 Å². The van der Waals surface area contributed by atoms with E-state index in [9.17, 15) is 4.79 Å². The molecule has 0 aromatic carbocycles. The van der Waals surface area contributed by atoms with E-state index in [1.54, 1.807) is 23.0 Å². The number of nitrogens with zero attached hydrogens (tertiary/aromatic N) is 2. The highest BCUT2D eigenvalue weighted by atomic mass is 16.1. The molecule has 2 aromatic rings. The van der Waals surface area contributed by atoms with Crippen molar-refractivity contribution in [2.24, 2.45) is 0 Å². The van der Waals surface area contributed by atoms with Crippen LogP contribution in [0.3, 0.4) is 0 Å². The fourth-order valence-electron chi connectivity index (χ4n) is 1.16. The van der Waals surface area contributed by atoms with Gasteiger partial charge in [-0.05, 0) is 12.5 Å². The lowest BCUT2D eigenvalue weighted by molar-refractivity contribution is 0.885. The monoisotopic (exact) mass is 163 g/mol. The third kappa shape index (κ3) is 0.922. The summed E-state index contributed by atoms with van der Waals surface area (Å²) in [5.41, 5.74) is 1.45. The minimum atomic E-state index is -0.0929. The Kier molecular flexibility index (Phi) is 1.46. The summed E-state index contributed by atoms with van der Waals surface area (Å²) in [7, 11) is 0. The predicted molar refractivity (Wildman–Crippen MR) is 45.2 cm³/mol. The topological polar surface area (TPSA) is 50.2 Å². The first-order valence-electron chi connectivity index (χ1n) is 3.87. The zero-order chi connectivity index (χ0) is 8.55. The van der Waals surface area contributed by atoms with Gasteiger partial charge in [-0.2, -0.15) is 5.10 Å². The third-order valence-corrected chi connectivity index (χ3v) is 1.81. The van der Waals surface area contributed by atoms with Gasteiger partial charge >= 0.3 is 0 Å². The fourth-order valence-corrected chi connectivity index (χ4v) is 1.16.